The summed E-state index contributed by atoms with van der Waals surface area (Å²) in [4.78, 5) is 13.4. The van der Waals surface area contributed by atoms with Crippen LogP contribution in [-0.4, -0.2) is 34.8 Å². The van der Waals surface area contributed by atoms with Crippen molar-refractivity contribution in [1.82, 2.24) is 0 Å². The molecule has 0 unspecified atom stereocenters. The molecule has 0 bridgehead atoms. The van der Waals surface area contributed by atoms with E-state index in [-0.39, 0.29) is 29.3 Å². The number of amides is 1. The summed E-state index contributed by atoms with van der Waals surface area (Å²) in [6.45, 7) is 1.80. The standard InChI is InChI=1S/C24H24Cl2N2O5S/c1-15-5-8-18(26)11-20(15)27-24(29)19-12-22(32-2)23(33-3)13-21(19)28(34(4,30)31)14-16-6-9-17(25)10-7-16/h5-13H,14H2,1-4H3,(H,27,29). The third-order valence-electron chi connectivity index (χ3n) is 5.10. The van der Waals surface area contributed by atoms with E-state index in [1.54, 1.807) is 42.5 Å². The highest BCUT2D eigenvalue weighted by Gasteiger charge is 2.27. The number of halogens is 2. The van der Waals surface area contributed by atoms with Gasteiger partial charge in [-0.2, -0.15) is 0 Å². The highest BCUT2D eigenvalue weighted by molar-refractivity contribution is 7.92. The quantitative estimate of drug-likeness (QED) is 0.419. The van der Waals surface area contributed by atoms with E-state index in [0.717, 1.165) is 16.1 Å². The van der Waals surface area contributed by atoms with E-state index in [1.165, 1.54) is 26.4 Å². The van der Waals surface area contributed by atoms with E-state index in [4.69, 9.17) is 32.7 Å². The molecule has 3 aromatic carbocycles. The molecule has 0 fully saturated rings. The molecule has 0 aliphatic rings. The molecule has 3 rings (SSSR count). The minimum absolute atomic E-state index is 0.0258. The van der Waals surface area contributed by atoms with E-state index in [2.05, 4.69) is 5.32 Å². The Balaban J connectivity index is 2.15. The van der Waals surface area contributed by atoms with Gasteiger partial charge in [0.2, 0.25) is 10.0 Å². The van der Waals surface area contributed by atoms with E-state index in [0.29, 0.717) is 21.3 Å². The number of nitrogens with one attached hydrogen (secondary N) is 1. The molecule has 1 amide bonds. The van der Waals surface area contributed by atoms with Gasteiger partial charge in [-0.15, -0.1) is 0 Å². The van der Waals surface area contributed by atoms with Crippen molar-refractivity contribution < 1.29 is 22.7 Å². The maximum absolute atomic E-state index is 13.4. The molecule has 0 aromatic heterocycles. The summed E-state index contributed by atoms with van der Waals surface area (Å²) in [7, 11) is -0.948. The van der Waals surface area contributed by atoms with Crippen molar-refractivity contribution in [3.05, 3.63) is 81.3 Å². The van der Waals surface area contributed by atoms with Crippen LogP contribution in [0, 0.1) is 6.92 Å². The first-order valence-electron chi connectivity index (χ1n) is 10.1. The van der Waals surface area contributed by atoms with E-state index in [1.807, 2.05) is 6.92 Å². The summed E-state index contributed by atoms with van der Waals surface area (Å²) in [5, 5.41) is 3.79. The van der Waals surface area contributed by atoms with Crippen LogP contribution in [0.4, 0.5) is 11.4 Å². The van der Waals surface area contributed by atoms with Crippen molar-refractivity contribution in [1.29, 1.82) is 0 Å². The van der Waals surface area contributed by atoms with Crippen molar-refractivity contribution in [2.45, 2.75) is 13.5 Å². The number of carbonyl (C=O) groups excluding carboxylic acids is 1. The third-order valence-corrected chi connectivity index (χ3v) is 6.72. The summed E-state index contributed by atoms with van der Waals surface area (Å²) in [6.07, 6.45) is 1.07. The molecule has 0 spiro atoms. The molecule has 0 radical (unpaired) electrons. The number of rotatable bonds is 8. The zero-order valence-electron chi connectivity index (χ0n) is 19.1. The molecule has 0 aliphatic heterocycles. The first-order valence-corrected chi connectivity index (χ1v) is 12.7. The van der Waals surface area contributed by atoms with Crippen molar-refractivity contribution in [2.75, 3.05) is 30.1 Å². The Morgan fingerprint density at radius 3 is 2.12 bits per heavy atom. The highest BCUT2D eigenvalue weighted by Crippen LogP contribution is 2.37. The van der Waals surface area contributed by atoms with Gasteiger partial charge in [-0.3, -0.25) is 9.10 Å². The fourth-order valence-corrected chi connectivity index (χ4v) is 4.50. The van der Waals surface area contributed by atoms with Crippen LogP contribution >= 0.6 is 23.2 Å². The number of aryl methyl sites for hydroxylation is 1. The topological polar surface area (TPSA) is 84.9 Å². The maximum Gasteiger partial charge on any atom is 0.257 e. The number of hydrogen-bond acceptors (Lipinski definition) is 5. The molecule has 10 heteroatoms. The molecular formula is C24H24Cl2N2O5S. The van der Waals surface area contributed by atoms with Crippen LogP contribution in [0.2, 0.25) is 10.0 Å². The van der Waals surface area contributed by atoms with Gasteiger partial charge in [0.25, 0.3) is 5.91 Å². The summed E-state index contributed by atoms with van der Waals surface area (Å²) >= 11 is 12.1. The predicted molar refractivity (Wildman–Crippen MR) is 136 cm³/mol. The SMILES string of the molecule is COc1cc(C(=O)Nc2cc(Cl)ccc2C)c(N(Cc2ccc(Cl)cc2)S(C)(=O)=O)cc1OC. The Morgan fingerprint density at radius 1 is 0.941 bits per heavy atom. The normalized spacial score (nSPS) is 11.1. The van der Waals surface area contributed by atoms with Crippen LogP contribution in [0.3, 0.4) is 0 Å². The Hall–Kier alpha value is -2.94. The van der Waals surface area contributed by atoms with E-state index < -0.39 is 15.9 Å². The molecule has 0 aliphatic carbocycles. The molecule has 180 valence electrons. The van der Waals surface area contributed by atoms with E-state index in [9.17, 15) is 13.2 Å². The van der Waals surface area contributed by atoms with E-state index >= 15 is 0 Å². The molecule has 1 N–H and O–H groups in total. The second kappa shape index (κ2) is 10.5. The van der Waals surface area contributed by atoms with Crippen molar-refractivity contribution in [3.63, 3.8) is 0 Å². The number of ether oxygens (including phenoxy) is 2. The average molecular weight is 523 g/mol. The fourth-order valence-electron chi connectivity index (χ4n) is 3.31. The lowest BCUT2D eigenvalue weighted by Crippen LogP contribution is -2.31. The first kappa shape index (κ1) is 25.7. The van der Waals surface area contributed by atoms with Crippen molar-refractivity contribution in [2.24, 2.45) is 0 Å². The van der Waals surface area contributed by atoms with Crippen LogP contribution in [0.15, 0.2) is 54.6 Å². The fraction of sp³-hybridized carbons (Fsp3) is 0.208. The minimum Gasteiger partial charge on any atom is -0.493 e. The Bertz CT molecular complexity index is 1310. The predicted octanol–water partition coefficient (Wildman–Crippen LogP) is 5.54. The Kier molecular flexibility index (Phi) is 7.97. The molecule has 0 heterocycles. The zero-order chi connectivity index (χ0) is 25.0. The second-order valence-corrected chi connectivity index (χ2v) is 10.3. The lowest BCUT2D eigenvalue weighted by atomic mass is 10.1. The largest absolute Gasteiger partial charge is 0.493 e. The van der Waals surface area contributed by atoms with Gasteiger partial charge in [0, 0.05) is 21.8 Å². The summed E-state index contributed by atoms with van der Waals surface area (Å²) in [6, 6.07) is 14.8. The van der Waals surface area contributed by atoms with Gasteiger partial charge in [-0.05, 0) is 48.4 Å². The molecular weight excluding hydrogens is 499 g/mol. The zero-order valence-corrected chi connectivity index (χ0v) is 21.4. The van der Waals surface area contributed by atoms with Crippen LogP contribution in [0.25, 0.3) is 0 Å². The van der Waals surface area contributed by atoms with Gasteiger partial charge in [0.1, 0.15) is 0 Å². The van der Waals surface area contributed by atoms with Gasteiger partial charge >= 0.3 is 0 Å². The highest BCUT2D eigenvalue weighted by atomic mass is 35.5. The molecule has 3 aromatic rings. The third kappa shape index (κ3) is 5.94. The maximum atomic E-state index is 13.4. The minimum atomic E-state index is -3.81. The van der Waals surface area contributed by atoms with Crippen LogP contribution in [0.1, 0.15) is 21.5 Å². The van der Waals surface area contributed by atoms with Crippen LogP contribution < -0.4 is 19.1 Å². The molecule has 34 heavy (non-hydrogen) atoms. The number of carbonyl (C=O) groups is 1. The number of anilines is 2. The van der Waals surface area contributed by atoms with Gasteiger partial charge < -0.3 is 14.8 Å². The lowest BCUT2D eigenvalue weighted by Gasteiger charge is -2.26. The molecule has 0 saturated heterocycles. The Morgan fingerprint density at radius 2 is 1.53 bits per heavy atom. The second-order valence-electron chi connectivity index (χ2n) is 7.53. The number of nitrogens with zero attached hydrogens (tertiary/aromatic N) is 1. The number of sulfonamides is 1. The summed E-state index contributed by atoms with van der Waals surface area (Å²) < 4.78 is 37.6. The van der Waals surface area contributed by atoms with Gasteiger partial charge in [0.15, 0.2) is 11.5 Å². The Labute approximate surface area is 209 Å². The number of methoxy groups -OCH3 is 2. The monoisotopic (exact) mass is 522 g/mol. The first-order chi connectivity index (χ1) is 16.0. The van der Waals surface area contributed by atoms with Gasteiger partial charge in [0.05, 0.1) is 38.3 Å². The van der Waals surface area contributed by atoms with Gasteiger partial charge in [-0.25, -0.2) is 8.42 Å². The van der Waals surface area contributed by atoms with Crippen LogP contribution in [0.5, 0.6) is 11.5 Å². The number of benzene rings is 3. The smallest absolute Gasteiger partial charge is 0.257 e. The molecule has 0 atom stereocenters. The van der Waals surface area contributed by atoms with Crippen molar-refractivity contribution in [3.8, 4) is 11.5 Å². The number of hydrogen-bond donors (Lipinski definition) is 1. The molecule has 0 saturated carbocycles. The van der Waals surface area contributed by atoms with Crippen LogP contribution in [-0.2, 0) is 16.6 Å². The summed E-state index contributed by atoms with van der Waals surface area (Å²) in [5.74, 6) is 0.0166. The van der Waals surface area contributed by atoms with Crippen molar-refractivity contribution >= 4 is 50.5 Å². The lowest BCUT2D eigenvalue weighted by molar-refractivity contribution is 0.102. The summed E-state index contributed by atoms with van der Waals surface area (Å²) in [5.41, 5.74) is 2.19. The average Bonchev–Trinajstić information content (AvgIpc) is 2.79. The van der Waals surface area contributed by atoms with Gasteiger partial charge in [-0.1, -0.05) is 41.4 Å². The molecule has 7 nitrogen and oxygen atoms in total.